The summed E-state index contributed by atoms with van der Waals surface area (Å²) in [7, 11) is 1.82. The van der Waals surface area contributed by atoms with Crippen LogP contribution in [0.4, 0.5) is 5.82 Å². The lowest BCUT2D eigenvalue weighted by Crippen LogP contribution is -2.28. The van der Waals surface area contributed by atoms with Crippen LogP contribution in [0.1, 0.15) is 12.8 Å². The number of hydrogen-bond donors (Lipinski definition) is 1. The molecule has 0 aliphatic carbocycles. The third kappa shape index (κ3) is 2.56. The van der Waals surface area contributed by atoms with Gasteiger partial charge in [0.15, 0.2) is 5.82 Å². The van der Waals surface area contributed by atoms with E-state index >= 15 is 0 Å². The molecule has 0 aromatic carbocycles. The summed E-state index contributed by atoms with van der Waals surface area (Å²) >= 11 is 0. The Labute approximate surface area is 88.4 Å². The molecule has 1 saturated heterocycles. The van der Waals surface area contributed by atoms with Crippen LogP contribution in [0, 0.1) is 5.92 Å². The fraction of sp³-hybridized carbons (Fsp3) is 0.600. The van der Waals surface area contributed by atoms with Crippen molar-refractivity contribution < 1.29 is 9.53 Å². The van der Waals surface area contributed by atoms with Crippen LogP contribution in [-0.2, 0) is 16.6 Å². The molecule has 1 aromatic rings. The Morgan fingerprint density at radius 1 is 1.60 bits per heavy atom. The summed E-state index contributed by atoms with van der Waals surface area (Å²) in [5.74, 6) is 0.742. The van der Waals surface area contributed by atoms with Crippen LogP contribution < -0.4 is 5.32 Å². The number of carbonyl (C=O) groups excluding carboxylic acids is 1. The number of nitrogens with one attached hydrogen (secondary N) is 1. The molecule has 1 aromatic heterocycles. The zero-order valence-corrected chi connectivity index (χ0v) is 8.77. The Morgan fingerprint density at radius 2 is 2.33 bits per heavy atom. The molecule has 15 heavy (non-hydrogen) atoms. The van der Waals surface area contributed by atoms with Crippen LogP contribution >= 0.6 is 0 Å². The standard InChI is InChI=1S/C10H15N3O2/c1-13-5-2-9(12-13)11-10(14)8-3-6-15-7-4-8/h2,5,8H,3-4,6-7H2,1H3,(H,11,12,14). The van der Waals surface area contributed by atoms with E-state index in [1.165, 1.54) is 0 Å². The molecular formula is C10H15N3O2. The Morgan fingerprint density at radius 3 is 2.93 bits per heavy atom. The number of anilines is 1. The Bertz CT molecular complexity index is 342. The molecule has 2 rings (SSSR count). The van der Waals surface area contributed by atoms with E-state index in [1.807, 2.05) is 7.05 Å². The van der Waals surface area contributed by atoms with Crippen molar-refractivity contribution in [2.24, 2.45) is 13.0 Å². The lowest BCUT2D eigenvalue weighted by molar-refractivity contribution is -0.122. The summed E-state index contributed by atoms with van der Waals surface area (Å²) in [5.41, 5.74) is 0. The third-order valence-electron chi connectivity index (χ3n) is 2.56. The van der Waals surface area contributed by atoms with Crippen molar-refractivity contribution in [2.45, 2.75) is 12.8 Å². The van der Waals surface area contributed by atoms with E-state index in [-0.39, 0.29) is 11.8 Å². The molecule has 0 spiro atoms. The average Bonchev–Trinajstić information content (AvgIpc) is 2.65. The zero-order valence-electron chi connectivity index (χ0n) is 8.77. The van der Waals surface area contributed by atoms with Gasteiger partial charge in [-0.25, -0.2) is 0 Å². The largest absolute Gasteiger partial charge is 0.381 e. The van der Waals surface area contributed by atoms with Gasteiger partial charge in [0.25, 0.3) is 0 Å². The van der Waals surface area contributed by atoms with Gasteiger partial charge in [0.05, 0.1) is 0 Å². The number of aryl methyl sites for hydroxylation is 1. The maximum atomic E-state index is 11.8. The first-order chi connectivity index (χ1) is 7.25. The number of rotatable bonds is 2. The van der Waals surface area contributed by atoms with Gasteiger partial charge in [0.2, 0.25) is 5.91 Å². The van der Waals surface area contributed by atoms with Crippen molar-refractivity contribution in [1.82, 2.24) is 9.78 Å². The first-order valence-electron chi connectivity index (χ1n) is 5.14. The number of hydrogen-bond acceptors (Lipinski definition) is 3. The highest BCUT2D eigenvalue weighted by Gasteiger charge is 2.21. The predicted octanol–water partition coefficient (Wildman–Crippen LogP) is 0.785. The van der Waals surface area contributed by atoms with E-state index in [0.29, 0.717) is 19.0 Å². The fourth-order valence-electron chi connectivity index (χ4n) is 1.67. The van der Waals surface area contributed by atoms with E-state index in [4.69, 9.17) is 4.74 Å². The van der Waals surface area contributed by atoms with Crippen LogP contribution in [0.2, 0.25) is 0 Å². The second-order valence-corrected chi connectivity index (χ2v) is 3.75. The molecule has 5 heteroatoms. The van der Waals surface area contributed by atoms with E-state index in [2.05, 4.69) is 10.4 Å². The van der Waals surface area contributed by atoms with Crippen molar-refractivity contribution in [3.8, 4) is 0 Å². The minimum absolute atomic E-state index is 0.0528. The van der Waals surface area contributed by atoms with Crippen LogP contribution in [0.3, 0.4) is 0 Å². The molecule has 0 radical (unpaired) electrons. The minimum Gasteiger partial charge on any atom is -0.381 e. The molecule has 2 heterocycles. The van der Waals surface area contributed by atoms with Gasteiger partial charge in [-0.15, -0.1) is 0 Å². The number of aromatic nitrogens is 2. The second kappa shape index (κ2) is 4.44. The van der Waals surface area contributed by atoms with Gasteiger partial charge in [-0.3, -0.25) is 9.48 Å². The van der Waals surface area contributed by atoms with Gasteiger partial charge in [-0.05, 0) is 12.8 Å². The van der Waals surface area contributed by atoms with Crippen LogP contribution in [0.25, 0.3) is 0 Å². The topological polar surface area (TPSA) is 56.2 Å². The van der Waals surface area contributed by atoms with Gasteiger partial charge >= 0.3 is 0 Å². The molecule has 0 saturated carbocycles. The summed E-state index contributed by atoms with van der Waals surface area (Å²) in [4.78, 5) is 11.8. The van der Waals surface area contributed by atoms with Gasteiger partial charge in [0, 0.05) is 38.4 Å². The zero-order chi connectivity index (χ0) is 10.7. The number of ether oxygens (including phenoxy) is 1. The van der Waals surface area contributed by atoms with Gasteiger partial charge < -0.3 is 10.1 Å². The second-order valence-electron chi connectivity index (χ2n) is 3.75. The number of carbonyl (C=O) groups is 1. The molecule has 0 atom stereocenters. The summed E-state index contributed by atoms with van der Waals surface area (Å²) in [6, 6.07) is 1.79. The predicted molar refractivity (Wildman–Crippen MR) is 55.4 cm³/mol. The smallest absolute Gasteiger partial charge is 0.228 e. The molecule has 1 aliphatic heterocycles. The molecule has 0 unspecified atom stereocenters. The van der Waals surface area contributed by atoms with Crippen LogP contribution in [0.5, 0.6) is 0 Å². The Kier molecular flexibility index (Phi) is 3.01. The molecule has 0 bridgehead atoms. The Hall–Kier alpha value is -1.36. The van der Waals surface area contributed by atoms with E-state index < -0.39 is 0 Å². The highest BCUT2D eigenvalue weighted by molar-refractivity contribution is 5.91. The summed E-state index contributed by atoms with van der Waals surface area (Å²) in [6.45, 7) is 1.36. The molecule has 82 valence electrons. The van der Waals surface area contributed by atoms with E-state index in [9.17, 15) is 4.79 Å². The summed E-state index contributed by atoms with van der Waals surface area (Å²) in [6.07, 6.45) is 3.41. The van der Waals surface area contributed by atoms with Crippen LogP contribution in [0.15, 0.2) is 12.3 Å². The molecule has 1 aliphatic rings. The molecular weight excluding hydrogens is 194 g/mol. The molecule has 1 amide bonds. The van der Waals surface area contributed by atoms with Crippen molar-refractivity contribution in [3.05, 3.63) is 12.3 Å². The SMILES string of the molecule is Cn1ccc(NC(=O)C2CCOCC2)n1. The number of nitrogens with zero attached hydrogens (tertiary/aromatic N) is 2. The van der Waals surface area contributed by atoms with E-state index in [1.54, 1.807) is 16.9 Å². The lowest BCUT2D eigenvalue weighted by Gasteiger charge is -2.20. The van der Waals surface area contributed by atoms with Crippen molar-refractivity contribution >= 4 is 11.7 Å². The quantitative estimate of drug-likeness (QED) is 0.783. The maximum Gasteiger partial charge on any atom is 0.228 e. The monoisotopic (exact) mass is 209 g/mol. The van der Waals surface area contributed by atoms with E-state index in [0.717, 1.165) is 12.8 Å². The molecule has 1 fully saturated rings. The first kappa shape index (κ1) is 10.2. The normalized spacial score (nSPS) is 17.7. The minimum atomic E-state index is 0.0528. The first-order valence-corrected chi connectivity index (χ1v) is 5.14. The van der Waals surface area contributed by atoms with Crippen molar-refractivity contribution in [1.29, 1.82) is 0 Å². The van der Waals surface area contributed by atoms with Gasteiger partial charge in [-0.2, -0.15) is 5.10 Å². The van der Waals surface area contributed by atoms with Crippen molar-refractivity contribution in [2.75, 3.05) is 18.5 Å². The highest BCUT2D eigenvalue weighted by Crippen LogP contribution is 2.16. The average molecular weight is 209 g/mol. The number of amides is 1. The molecule has 5 nitrogen and oxygen atoms in total. The van der Waals surface area contributed by atoms with Crippen molar-refractivity contribution in [3.63, 3.8) is 0 Å². The third-order valence-corrected chi connectivity index (χ3v) is 2.56. The summed E-state index contributed by atoms with van der Waals surface area (Å²) < 4.78 is 6.87. The molecule has 1 N–H and O–H groups in total. The van der Waals surface area contributed by atoms with Gasteiger partial charge in [-0.1, -0.05) is 0 Å². The summed E-state index contributed by atoms with van der Waals surface area (Å²) in [5, 5.41) is 6.90. The fourth-order valence-corrected chi connectivity index (χ4v) is 1.67. The van der Waals surface area contributed by atoms with Crippen LogP contribution in [-0.4, -0.2) is 28.9 Å². The highest BCUT2D eigenvalue weighted by atomic mass is 16.5. The lowest BCUT2D eigenvalue weighted by atomic mass is 9.99. The van der Waals surface area contributed by atoms with Gasteiger partial charge in [0.1, 0.15) is 0 Å². The Balaban J connectivity index is 1.91. The maximum absolute atomic E-state index is 11.8.